The smallest absolute Gasteiger partial charge is 0.261 e. The first kappa shape index (κ1) is 14.0. The molecule has 2 saturated heterocycles. The van der Waals surface area contributed by atoms with Gasteiger partial charge < -0.3 is 10.6 Å². The number of hydrogen-bond acceptors (Lipinski definition) is 3. The highest BCUT2D eigenvalue weighted by Crippen LogP contribution is 2.31. The van der Waals surface area contributed by atoms with Crippen LogP contribution in [0.1, 0.15) is 34.5 Å². The Bertz CT molecular complexity index is 709. The highest BCUT2D eigenvalue weighted by molar-refractivity contribution is 7.17. The van der Waals surface area contributed by atoms with Crippen molar-refractivity contribution in [2.45, 2.75) is 44.3 Å². The number of benzene rings is 1. The highest BCUT2D eigenvalue weighted by atomic mass is 32.1. The first-order chi connectivity index (χ1) is 10.7. The van der Waals surface area contributed by atoms with Crippen LogP contribution in [0.3, 0.4) is 0 Å². The molecule has 22 heavy (non-hydrogen) atoms. The van der Waals surface area contributed by atoms with Gasteiger partial charge in [0.2, 0.25) is 0 Å². The molecule has 3 heterocycles. The molecule has 2 bridgehead atoms. The summed E-state index contributed by atoms with van der Waals surface area (Å²) < 4.78 is 0. The van der Waals surface area contributed by atoms with Crippen LogP contribution >= 0.6 is 11.3 Å². The van der Waals surface area contributed by atoms with Gasteiger partial charge in [0.1, 0.15) is 0 Å². The van der Waals surface area contributed by atoms with Gasteiger partial charge in [-0.05, 0) is 43.9 Å². The van der Waals surface area contributed by atoms with Gasteiger partial charge in [0.05, 0.1) is 4.88 Å². The van der Waals surface area contributed by atoms with Gasteiger partial charge >= 0.3 is 0 Å². The predicted octanol–water partition coefficient (Wildman–Crippen LogP) is 3.35. The number of rotatable bonds is 3. The number of nitrogens with one attached hydrogen (secondary N) is 2. The van der Waals surface area contributed by atoms with Crippen LogP contribution in [0.5, 0.6) is 0 Å². The highest BCUT2D eigenvalue weighted by Gasteiger charge is 2.39. The van der Waals surface area contributed by atoms with E-state index >= 15 is 0 Å². The predicted molar refractivity (Wildman–Crippen MR) is 90.3 cm³/mol. The van der Waals surface area contributed by atoms with Crippen LogP contribution in [0, 0.1) is 6.92 Å². The molecule has 0 saturated carbocycles. The summed E-state index contributed by atoms with van der Waals surface area (Å²) in [5.74, 6) is 0.0725. The summed E-state index contributed by atoms with van der Waals surface area (Å²) in [6.07, 6.45) is 3.52. The summed E-state index contributed by atoms with van der Waals surface area (Å²) in [5.41, 5.74) is 2.43. The average Bonchev–Trinajstić information content (AvgIpc) is 3.23. The zero-order valence-electron chi connectivity index (χ0n) is 12.6. The van der Waals surface area contributed by atoms with Gasteiger partial charge in [0, 0.05) is 23.0 Å². The lowest BCUT2D eigenvalue weighted by molar-refractivity contribution is 0.0935. The monoisotopic (exact) mass is 312 g/mol. The maximum atomic E-state index is 12.5. The topological polar surface area (TPSA) is 41.1 Å². The van der Waals surface area contributed by atoms with Gasteiger partial charge in [-0.2, -0.15) is 0 Å². The van der Waals surface area contributed by atoms with Gasteiger partial charge in [0.25, 0.3) is 5.91 Å². The van der Waals surface area contributed by atoms with Crippen molar-refractivity contribution in [3.8, 4) is 10.4 Å². The van der Waals surface area contributed by atoms with E-state index in [1.165, 1.54) is 24.0 Å². The van der Waals surface area contributed by atoms with E-state index in [4.69, 9.17) is 0 Å². The molecule has 3 atom stereocenters. The van der Waals surface area contributed by atoms with E-state index in [2.05, 4.69) is 41.8 Å². The molecule has 3 nitrogen and oxygen atoms in total. The summed E-state index contributed by atoms with van der Waals surface area (Å²) in [6, 6.07) is 13.8. The Morgan fingerprint density at radius 1 is 1.27 bits per heavy atom. The first-order valence-corrected chi connectivity index (χ1v) is 8.74. The summed E-state index contributed by atoms with van der Waals surface area (Å²) in [6.45, 7) is 2.09. The summed E-state index contributed by atoms with van der Waals surface area (Å²) in [4.78, 5) is 14.4. The molecule has 2 fully saturated rings. The summed E-state index contributed by atoms with van der Waals surface area (Å²) in [7, 11) is 0. The maximum absolute atomic E-state index is 12.5. The van der Waals surface area contributed by atoms with Crippen LogP contribution in [-0.4, -0.2) is 24.0 Å². The van der Waals surface area contributed by atoms with E-state index in [0.717, 1.165) is 16.2 Å². The van der Waals surface area contributed by atoms with Crippen molar-refractivity contribution in [2.24, 2.45) is 0 Å². The Morgan fingerprint density at radius 2 is 2.18 bits per heavy atom. The molecule has 0 aliphatic carbocycles. The van der Waals surface area contributed by atoms with Gasteiger partial charge in [-0.3, -0.25) is 4.79 Å². The molecular weight excluding hydrogens is 292 g/mol. The molecule has 2 aliphatic heterocycles. The van der Waals surface area contributed by atoms with Crippen molar-refractivity contribution in [1.82, 2.24) is 10.6 Å². The van der Waals surface area contributed by atoms with Gasteiger partial charge in [-0.25, -0.2) is 0 Å². The normalized spacial score (nSPS) is 26.3. The molecule has 114 valence electrons. The third-order valence-corrected chi connectivity index (χ3v) is 5.88. The van der Waals surface area contributed by atoms with Crippen molar-refractivity contribution in [3.63, 3.8) is 0 Å². The molecule has 4 heteroatoms. The lowest BCUT2D eigenvalue weighted by Gasteiger charge is -2.20. The van der Waals surface area contributed by atoms with Crippen LogP contribution in [-0.2, 0) is 0 Å². The Morgan fingerprint density at radius 3 is 2.91 bits per heavy atom. The molecule has 1 aromatic heterocycles. The van der Waals surface area contributed by atoms with Gasteiger partial charge in [0.15, 0.2) is 0 Å². The Kier molecular flexibility index (Phi) is 3.51. The zero-order valence-corrected chi connectivity index (χ0v) is 13.5. The molecule has 0 unspecified atom stereocenters. The van der Waals surface area contributed by atoms with Crippen molar-refractivity contribution in [2.75, 3.05) is 0 Å². The van der Waals surface area contributed by atoms with Crippen LogP contribution in [0.4, 0.5) is 0 Å². The zero-order chi connectivity index (χ0) is 15.1. The second-order valence-electron chi connectivity index (χ2n) is 6.40. The standard InChI is InChI=1S/C18H20N2OS/c1-11-3-2-4-12(9-11)16-7-8-17(22-16)18(21)20-15-10-13-5-6-14(15)19-13/h2-4,7-9,13-15,19H,5-6,10H2,1H3,(H,20,21)/t13-,14+,15-/m1/s1. The first-order valence-electron chi connectivity index (χ1n) is 7.93. The van der Waals surface area contributed by atoms with Gasteiger partial charge in [-0.1, -0.05) is 29.8 Å². The van der Waals surface area contributed by atoms with Crippen molar-refractivity contribution in [1.29, 1.82) is 0 Å². The molecule has 1 amide bonds. The minimum absolute atomic E-state index is 0.0725. The number of aryl methyl sites for hydroxylation is 1. The van der Waals surface area contributed by atoms with Crippen molar-refractivity contribution < 1.29 is 4.79 Å². The Labute approximate surface area is 134 Å². The number of fused-ring (bicyclic) bond motifs is 2. The lowest BCUT2D eigenvalue weighted by atomic mass is 9.95. The van der Waals surface area contributed by atoms with Crippen LogP contribution in [0.25, 0.3) is 10.4 Å². The van der Waals surface area contributed by atoms with Crippen LogP contribution in [0.2, 0.25) is 0 Å². The SMILES string of the molecule is Cc1cccc(-c2ccc(C(=O)N[C@@H]3C[C@H]4CC[C@@H]3N4)s2)c1. The average molecular weight is 312 g/mol. The van der Waals surface area contributed by atoms with E-state index in [9.17, 15) is 4.79 Å². The van der Waals surface area contributed by atoms with E-state index in [0.29, 0.717) is 18.1 Å². The third-order valence-electron chi connectivity index (χ3n) is 4.75. The van der Waals surface area contributed by atoms with Gasteiger partial charge in [-0.15, -0.1) is 11.3 Å². The van der Waals surface area contributed by atoms with Crippen molar-refractivity contribution in [3.05, 3.63) is 46.8 Å². The number of thiophene rings is 1. The molecule has 4 rings (SSSR count). The fourth-order valence-corrected chi connectivity index (χ4v) is 4.54. The molecule has 2 aliphatic rings. The number of carbonyl (C=O) groups is 1. The lowest BCUT2D eigenvalue weighted by Crippen LogP contribution is -2.42. The maximum Gasteiger partial charge on any atom is 0.261 e. The van der Waals surface area contributed by atoms with E-state index < -0.39 is 0 Å². The number of carbonyl (C=O) groups excluding carboxylic acids is 1. The molecule has 2 aromatic rings. The quantitative estimate of drug-likeness (QED) is 0.912. The molecular formula is C18H20N2OS. The fourth-order valence-electron chi connectivity index (χ4n) is 3.64. The second kappa shape index (κ2) is 5.52. The van der Waals surface area contributed by atoms with E-state index in [1.54, 1.807) is 11.3 Å². The minimum Gasteiger partial charge on any atom is -0.347 e. The summed E-state index contributed by atoms with van der Waals surface area (Å²) >= 11 is 1.57. The summed E-state index contributed by atoms with van der Waals surface area (Å²) in [5, 5.41) is 6.77. The van der Waals surface area contributed by atoms with Crippen LogP contribution in [0.15, 0.2) is 36.4 Å². The molecule has 1 aromatic carbocycles. The van der Waals surface area contributed by atoms with E-state index in [1.807, 2.05) is 12.1 Å². The number of amides is 1. The third kappa shape index (κ3) is 2.57. The van der Waals surface area contributed by atoms with E-state index in [-0.39, 0.29) is 5.91 Å². The molecule has 2 N–H and O–H groups in total. The second-order valence-corrected chi connectivity index (χ2v) is 7.48. The molecule has 0 spiro atoms. The fraction of sp³-hybridized carbons (Fsp3) is 0.389. The Hall–Kier alpha value is -1.65. The number of hydrogen-bond donors (Lipinski definition) is 2. The van der Waals surface area contributed by atoms with Crippen LogP contribution < -0.4 is 10.6 Å². The minimum atomic E-state index is 0.0725. The Balaban J connectivity index is 1.48. The molecule has 0 radical (unpaired) electrons. The van der Waals surface area contributed by atoms with Crippen molar-refractivity contribution >= 4 is 17.2 Å². The largest absolute Gasteiger partial charge is 0.347 e.